The Balaban J connectivity index is 1.94. The zero-order valence-corrected chi connectivity index (χ0v) is 10.8. The Morgan fingerprint density at radius 2 is 2.11 bits per heavy atom. The highest BCUT2D eigenvalue weighted by Gasteiger charge is 2.27. The van der Waals surface area contributed by atoms with E-state index in [-0.39, 0.29) is 5.82 Å². The van der Waals surface area contributed by atoms with Gasteiger partial charge in [-0.25, -0.2) is 4.39 Å². The van der Waals surface area contributed by atoms with Crippen LogP contribution in [-0.4, -0.2) is 6.54 Å². The number of hydrogen-bond acceptors (Lipinski definition) is 2. The Morgan fingerprint density at radius 1 is 1.39 bits per heavy atom. The summed E-state index contributed by atoms with van der Waals surface area (Å²) in [6, 6.07) is 6.43. The maximum atomic E-state index is 13.1. The number of rotatable bonds is 4. The van der Waals surface area contributed by atoms with Gasteiger partial charge in [-0.3, -0.25) is 0 Å². The molecule has 0 radical (unpaired) electrons. The van der Waals surface area contributed by atoms with Crippen LogP contribution in [0, 0.1) is 22.6 Å². The first-order chi connectivity index (χ1) is 8.63. The summed E-state index contributed by atoms with van der Waals surface area (Å²) < 4.78 is 13.1. The van der Waals surface area contributed by atoms with Crippen LogP contribution in [0.25, 0.3) is 0 Å². The van der Waals surface area contributed by atoms with E-state index in [2.05, 4.69) is 18.3 Å². The maximum absolute atomic E-state index is 13.1. The van der Waals surface area contributed by atoms with Gasteiger partial charge in [-0.05, 0) is 42.0 Å². The van der Waals surface area contributed by atoms with E-state index in [1.807, 2.05) is 0 Å². The Morgan fingerprint density at radius 3 is 2.78 bits per heavy atom. The summed E-state index contributed by atoms with van der Waals surface area (Å²) in [6.45, 7) is 3.80. The van der Waals surface area contributed by atoms with E-state index >= 15 is 0 Å². The molecule has 0 aliphatic heterocycles. The van der Waals surface area contributed by atoms with Crippen LogP contribution >= 0.6 is 0 Å². The Hall–Kier alpha value is -1.40. The summed E-state index contributed by atoms with van der Waals surface area (Å²) in [5, 5.41) is 12.3. The van der Waals surface area contributed by atoms with Gasteiger partial charge >= 0.3 is 0 Å². The highest BCUT2D eigenvalue weighted by atomic mass is 19.1. The van der Waals surface area contributed by atoms with Gasteiger partial charge < -0.3 is 5.32 Å². The zero-order valence-electron chi connectivity index (χ0n) is 10.8. The lowest BCUT2D eigenvalue weighted by Crippen LogP contribution is -2.29. The van der Waals surface area contributed by atoms with Crippen molar-refractivity contribution >= 4 is 0 Å². The first-order valence-corrected chi connectivity index (χ1v) is 6.52. The molecule has 1 saturated carbocycles. The molecule has 0 unspecified atom stereocenters. The Bertz CT molecular complexity index is 456. The van der Waals surface area contributed by atoms with E-state index in [1.54, 1.807) is 6.07 Å². The van der Waals surface area contributed by atoms with Crippen molar-refractivity contribution in [2.24, 2.45) is 5.41 Å². The molecule has 96 valence electrons. The second kappa shape index (κ2) is 5.49. The molecule has 3 heteroatoms. The van der Waals surface area contributed by atoms with Crippen LogP contribution in [0.5, 0.6) is 0 Å². The van der Waals surface area contributed by atoms with E-state index in [9.17, 15) is 4.39 Å². The number of nitrogens with zero attached hydrogens (tertiary/aromatic N) is 1. The molecule has 1 aliphatic carbocycles. The molecule has 2 rings (SSSR count). The van der Waals surface area contributed by atoms with Crippen LogP contribution in [0.1, 0.15) is 43.7 Å². The molecule has 1 fully saturated rings. The summed E-state index contributed by atoms with van der Waals surface area (Å²) in [5.41, 5.74) is 1.68. The van der Waals surface area contributed by atoms with Crippen molar-refractivity contribution in [3.63, 3.8) is 0 Å². The fourth-order valence-electron chi connectivity index (χ4n) is 2.72. The van der Waals surface area contributed by atoms with Crippen molar-refractivity contribution in [2.45, 2.75) is 39.2 Å². The quantitative estimate of drug-likeness (QED) is 0.884. The van der Waals surface area contributed by atoms with E-state index in [0.717, 1.165) is 12.1 Å². The minimum absolute atomic E-state index is 0.280. The molecule has 2 nitrogen and oxygen atoms in total. The topological polar surface area (TPSA) is 35.8 Å². The van der Waals surface area contributed by atoms with Gasteiger partial charge in [0.1, 0.15) is 5.82 Å². The van der Waals surface area contributed by atoms with Crippen molar-refractivity contribution in [3.8, 4) is 6.07 Å². The van der Waals surface area contributed by atoms with Gasteiger partial charge in [0.25, 0.3) is 0 Å². The molecule has 1 aliphatic rings. The third kappa shape index (κ3) is 3.08. The lowest BCUT2D eigenvalue weighted by Gasteiger charge is -2.23. The summed E-state index contributed by atoms with van der Waals surface area (Å²) >= 11 is 0. The van der Waals surface area contributed by atoms with Crippen LogP contribution in [0.15, 0.2) is 18.2 Å². The summed E-state index contributed by atoms with van der Waals surface area (Å²) in [6.07, 6.45) is 5.13. The molecule has 0 aromatic heterocycles. The van der Waals surface area contributed by atoms with Gasteiger partial charge in [-0.15, -0.1) is 0 Å². The molecule has 0 heterocycles. The number of hydrogen-bond donors (Lipinski definition) is 1. The minimum atomic E-state index is -0.280. The molecule has 1 aromatic rings. The van der Waals surface area contributed by atoms with Crippen LogP contribution < -0.4 is 5.32 Å². The molecule has 0 atom stereocenters. The molecular weight excluding hydrogens is 227 g/mol. The monoisotopic (exact) mass is 246 g/mol. The van der Waals surface area contributed by atoms with Crippen LogP contribution in [0.2, 0.25) is 0 Å². The number of nitriles is 1. The molecule has 0 bridgehead atoms. The number of benzene rings is 1. The third-order valence-electron chi connectivity index (χ3n) is 3.87. The fourth-order valence-corrected chi connectivity index (χ4v) is 2.72. The van der Waals surface area contributed by atoms with Gasteiger partial charge in [0.2, 0.25) is 0 Å². The lowest BCUT2D eigenvalue weighted by molar-refractivity contribution is 0.314. The maximum Gasteiger partial charge on any atom is 0.123 e. The second-order valence-electron chi connectivity index (χ2n) is 5.53. The first kappa shape index (κ1) is 13.0. The first-order valence-electron chi connectivity index (χ1n) is 6.52. The van der Waals surface area contributed by atoms with Gasteiger partial charge in [0.15, 0.2) is 0 Å². The van der Waals surface area contributed by atoms with E-state index < -0.39 is 0 Å². The summed E-state index contributed by atoms with van der Waals surface area (Å²) in [7, 11) is 0. The molecule has 1 N–H and O–H groups in total. The van der Waals surface area contributed by atoms with Crippen LogP contribution in [-0.2, 0) is 6.54 Å². The third-order valence-corrected chi connectivity index (χ3v) is 3.87. The molecular formula is C15H19FN2. The lowest BCUT2D eigenvalue weighted by atomic mass is 9.89. The molecule has 0 spiro atoms. The van der Waals surface area contributed by atoms with Crippen LogP contribution in [0.4, 0.5) is 4.39 Å². The highest BCUT2D eigenvalue weighted by Crippen LogP contribution is 2.36. The Labute approximate surface area is 108 Å². The fraction of sp³-hybridized carbons (Fsp3) is 0.533. The smallest absolute Gasteiger partial charge is 0.123 e. The predicted octanol–water partition coefficient (Wildman–Crippen LogP) is 3.37. The van der Waals surface area contributed by atoms with Crippen LogP contribution in [0.3, 0.4) is 0 Å². The minimum Gasteiger partial charge on any atom is -0.312 e. The molecule has 0 saturated heterocycles. The predicted molar refractivity (Wildman–Crippen MR) is 69.4 cm³/mol. The van der Waals surface area contributed by atoms with Gasteiger partial charge in [0, 0.05) is 13.1 Å². The van der Waals surface area contributed by atoms with Gasteiger partial charge in [-0.2, -0.15) is 5.26 Å². The van der Waals surface area contributed by atoms with Crippen molar-refractivity contribution in [1.82, 2.24) is 5.32 Å². The van der Waals surface area contributed by atoms with E-state index in [1.165, 1.54) is 37.8 Å². The molecule has 18 heavy (non-hydrogen) atoms. The Kier molecular flexibility index (Phi) is 3.98. The number of halogens is 1. The average Bonchev–Trinajstić information content (AvgIpc) is 2.77. The van der Waals surface area contributed by atoms with Crippen molar-refractivity contribution in [1.29, 1.82) is 5.26 Å². The largest absolute Gasteiger partial charge is 0.312 e. The van der Waals surface area contributed by atoms with E-state index in [4.69, 9.17) is 5.26 Å². The van der Waals surface area contributed by atoms with Crippen molar-refractivity contribution in [3.05, 3.63) is 35.1 Å². The normalized spacial score (nSPS) is 17.6. The SMILES string of the molecule is CC1(CNCc2cc(F)ccc2C#N)CCCC1. The van der Waals surface area contributed by atoms with Crippen molar-refractivity contribution in [2.75, 3.05) is 6.54 Å². The standard InChI is InChI=1S/C15H19FN2/c1-15(6-2-3-7-15)11-18-10-13-8-14(16)5-4-12(13)9-17/h4-5,8,18H,2-3,6-7,10-11H2,1H3. The number of nitrogens with one attached hydrogen (secondary N) is 1. The summed E-state index contributed by atoms with van der Waals surface area (Å²) in [4.78, 5) is 0. The van der Waals surface area contributed by atoms with Crippen molar-refractivity contribution < 1.29 is 4.39 Å². The zero-order chi connectivity index (χ0) is 13.0. The molecule has 0 amide bonds. The summed E-state index contributed by atoms with van der Waals surface area (Å²) in [5.74, 6) is -0.280. The second-order valence-corrected chi connectivity index (χ2v) is 5.53. The van der Waals surface area contributed by atoms with E-state index in [0.29, 0.717) is 17.5 Å². The van der Waals surface area contributed by atoms with Gasteiger partial charge in [0.05, 0.1) is 11.6 Å². The highest BCUT2D eigenvalue weighted by molar-refractivity contribution is 5.37. The average molecular weight is 246 g/mol. The van der Waals surface area contributed by atoms with Gasteiger partial charge in [-0.1, -0.05) is 19.8 Å². The molecule has 1 aromatic carbocycles.